The molecule has 0 bridgehead atoms. The summed E-state index contributed by atoms with van der Waals surface area (Å²) in [6.07, 6.45) is -1.95. The van der Waals surface area contributed by atoms with Crippen LogP contribution in [0.3, 0.4) is 0 Å². The monoisotopic (exact) mass is 594 g/mol. The molecule has 0 aromatic heterocycles. The summed E-state index contributed by atoms with van der Waals surface area (Å²) >= 11 is 0. The van der Waals surface area contributed by atoms with Gasteiger partial charge in [-0.05, 0) is 46.5 Å². The molecule has 3 heterocycles. The van der Waals surface area contributed by atoms with Gasteiger partial charge in [0, 0.05) is 6.20 Å². The molecule has 4 aromatic carbocycles. The highest BCUT2D eigenvalue weighted by atomic mass is 19.4. The molecule has 6 nitrogen and oxygen atoms in total. The Hall–Kier alpha value is -5.18. The second kappa shape index (κ2) is 10.5. The maximum absolute atomic E-state index is 14.3. The number of anilines is 1. The molecule has 2 amide bonds. The number of imide groups is 1. The van der Waals surface area contributed by atoms with Gasteiger partial charge < -0.3 is 9.64 Å². The van der Waals surface area contributed by atoms with Crippen LogP contribution < -0.4 is 4.90 Å². The lowest BCUT2D eigenvalue weighted by Crippen LogP contribution is -2.45. The van der Waals surface area contributed by atoms with Crippen LogP contribution in [0, 0.1) is 11.8 Å². The van der Waals surface area contributed by atoms with Crippen molar-refractivity contribution in [3.63, 3.8) is 0 Å². The van der Waals surface area contributed by atoms with E-state index in [2.05, 4.69) is 0 Å². The molecule has 4 atom stereocenters. The average Bonchev–Trinajstić information content (AvgIpc) is 3.52. The van der Waals surface area contributed by atoms with Gasteiger partial charge in [-0.25, -0.2) is 9.69 Å². The van der Waals surface area contributed by atoms with Crippen LogP contribution in [0.25, 0.3) is 6.08 Å². The Kier molecular flexibility index (Phi) is 6.61. The number of fused-ring (bicyclic) bond motifs is 5. The number of esters is 1. The molecule has 2 fully saturated rings. The third-order valence-corrected chi connectivity index (χ3v) is 8.57. The highest BCUT2D eigenvalue weighted by Crippen LogP contribution is 2.54. The summed E-state index contributed by atoms with van der Waals surface area (Å²) in [7, 11) is 0. The lowest BCUT2D eigenvalue weighted by atomic mass is 9.84. The molecular formula is C35H25F3N2O4. The van der Waals surface area contributed by atoms with Gasteiger partial charge in [-0.2, -0.15) is 13.2 Å². The minimum absolute atomic E-state index is 0.186. The Morgan fingerprint density at radius 1 is 0.750 bits per heavy atom. The van der Waals surface area contributed by atoms with Crippen LogP contribution in [0.2, 0.25) is 0 Å². The highest BCUT2D eigenvalue weighted by molar-refractivity contribution is 6.24. The molecule has 9 heteroatoms. The van der Waals surface area contributed by atoms with Crippen molar-refractivity contribution < 1.29 is 32.3 Å². The van der Waals surface area contributed by atoms with E-state index in [1.807, 2.05) is 91.0 Å². The Morgan fingerprint density at radius 2 is 1.36 bits per heavy atom. The molecule has 220 valence electrons. The van der Waals surface area contributed by atoms with E-state index in [1.54, 1.807) is 11.1 Å². The van der Waals surface area contributed by atoms with Gasteiger partial charge in [0.25, 0.3) is 0 Å². The summed E-state index contributed by atoms with van der Waals surface area (Å²) in [5.74, 6) is -4.31. The van der Waals surface area contributed by atoms with E-state index in [1.165, 1.54) is 6.07 Å². The third kappa shape index (κ3) is 4.47. The van der Waals surface area contributed by atoms with Crippen molar-refractivity contribution in [3.05, 3.63) is 143 Å². The highest BCUT2D eigenvalue weighted by Gasteiger charge is 2.65. The van der Waals surface area contributed by atoms with Crippen molar-refractivity contribution in [2.24, 2.45) is 11.8 Å². The SMILES string of the molecule is O=C(OC(c1ccccc1)c1ccccc1)[C@@H]1[C@@H]2C(=O)N(c3cccc(C(F)(F)F)c3)C(=O)[C@H]2[C@H]2c3ccccc3C=CN12. The number of rotatable bonds is 5. The Bertz CT molecular complexity index is 1750. The van der Waals surface area contributed by atoms with Crippen LogP contribution in [0.4, 0.5) is 18.9 Å². The first-order chi connectivity index (χ1) is 21.2. The Balaban J connectivity index is 1.31. The molecule has 0 aliphatic carbocycles. The van der Waals surface area contributed by atoms with Crippen LogP contribution in [0.5, 0.6) is 0 Å². The molecule has 44 heavy (non-hydrogen) atoms. The zero-order valence-corrected chi connectivity index (χ0v) is 23.1. The van der Waals surface area contributed by atoms with Gasteiger partial charge in [-0.15, -0.1) is 0 Å². The van der Waals surface area contributed by atoms with E-state index < -0.39 is 59.5 Å². The largest absolute Gasteiger partial charge is 0.451 e. The van der Waals surface area contributed by atoms with Crippen molar-refractivity contribution in [2.75, 3.05) is 4.90 Å². The summed E-state index contributed by atoms with van der Waals surface area (Å²) in [6.45, 7) is 0. The van der Waals surface area contributed by atoms with E-state index in [4.69, 9.17) is 4.74 Å². The van der Waals surface area contributed by atoms with Crippen LogP contribution >= 0.6 is 0 Å². The van der Waals surface area contributed by atoms with Crippen molar-refractivity contribution in [1.82, 2.24) is 4.90 Å². The van der Waals surface area contributed by atoms with E-state index in [9.17, 15) is 27.6 Å². The van der Waals surface area contributed by atoms with Crippen molar-refractivity contribution in [1.29, 1.82) is 0 Å². The summed E-state index contributed by atoms with van der Waals surface area (Å²) in [6, 6.07) is 28.0. The molecule has 0 spiro atoms. The van der Waals surface area contributed by atoms with E-state index in [0.29, 0.717) is 0 Å². The molecule has 0 N–H and O–H groups in total. The summed E-state index contributed by atoms with van der Waals surface area (Å²) in [5.41, 5.74) is 1.84. The van der Waals surface area contributed by atoms with Crippen LogP contribution in [0.1, 0.15) is 40.0 Å². The maximum Gasteiger partial charge on any atom is 0.416 e. The second-order valence-corrected chi connectivity index (χ2v) is 11.0. The number of alkyl halides is 3. The predicted octanol–water partition coefficient (Wildman–Crippen LogP) is 6.55. The molecule has 7 rings (SSSR count). The third-order valence-electron chi connectivity index (χ3n) is 8.57. The number of hydrogen-bond acceptors (Lipinski definition) is 5. The average molecular weight is 595 g/mol. The van der Waals surface area contributed by atoms with Gasteiger partial charge in [-0.3, -0.25) is 9.59 Å². The molecule has 0 saturated carbocycles. The van der Waals surface area contributed by atoms with Crippen molar-refractivity contribution in [2.45, 2.75) is 24.4 Å². The van der Waals surface area contributed by atoms with Gasteiger partial charge in [0.15, 0.2) is 6.10 Å². The number of carbonyl (C=O) groups excluding carboxylic acids is 3. The predicted molar refractivity (Wildman–Crippen MR) is 156 cm³/mol. The van der Waals surface area contributed by atoms with Gasteiger partial charge in [-0.1, -0.05) is 91.0 Å². The number of carbonyl (C=O) groups is 3. The van der Waals surface area contributed by atoms with Crippen LogP contribution in [0.15, 0.2) is 115 Å². The van der Waals surface area contributed by atoms with Gasteiger partial charge in [0.2, 0.25) is 11.8 Å². The molecule has 3 aliphatic heterocycles. The summed E-state index contributed by atoms with van der Waals surface area (Å²) < 4.78 is 46.9. The van der Waals surface area contributed by atoms with Crippen molar-refractivity contribution >= 4 is 29.5 Å². The first-order valence-corrected chi connectivity index (χ1v) is 14.1. The first-order valence-electron chi connectivity index (χ1n) is 14.1. The van der Waals surface area contributed by atoms with Gasteiger partial charge in [0.05, 0.1) is 29.1 Å². The Morgan fingerprint density at radius 3 is 2.02 bits per heavy atom. The van der Waals surface area contributed by atoms with Crippen molar-refractivity contribution in [3.8, 4) is 0 Å². The van der Waals surface area contributed by atoms with E-state index >= 15 is 0 Å². The number of halogens is 3. The Labute approximate surface area is 251 Å². The van der Waals surface area contributed by atoms with E-state index in [-0.39, 0.29) is 5.69 Å². The normalized spacial score (nSPS) is 22.2. The lowest BCUT2D eigenvalue weighted by molar-refractivity contribution is -0.155. The molecule has 2 saturated heterocycles. The fourth-order valence-electron chi connectivity index (χ4n) is 6.67. The molecule has 4 aromatic rings. The minimum atomic E-state index is -4.67. The number of nitrogens with zero attached hydrogens (tertiary/aromatic N) is 2. The summed E-state index contributed by atoms with van der Waals surface area (Å²) in [5, 5.41) is 0. The molecule has 0 unspecified atom stereocenters. The standard InChI is InChI=1S/C35H25F3N2O4/c36-35(37,38)24-15-9-16-25(20-24)40-32(41)27-28(33(40)42)30(39-19-18-21-10-7-8-17-26(21)29(27)39)34(43)44-31(22-11-3-1-4-12-22)23-13-5-2-6-14-23/h1-20,27-31H/t27-,28-,29-,30+/m1/s1. The maximum atomic E-state index is 14.3. The minimum Gasteiger partial charge on any atom is -0.451 e. The number of benzene rings is 4. The zero-order chi connectivity index (χ0) is 30.6. The van der Waals surface area contributed by atoms with E-state index in [0.717, 1.165) is 45.4 Å². The molecule has 3 aliphatic rings. The quantitative estimate of drug-likeness (QED) is 0.194. The van der Waals surface area contributed by atoms with Crippen LogP contribution in [-0.4, -0.2) is 28.7 Å². The second-order valence-electron chi connectivity index (χ2n) is 11.0. The molecular weight excluding hydrogens is 569 g/mol. The smallest absolute Gasteiger partial charge is 0.416 e. The number of amides is 2. The lowest BCUT2D eigenvalue weighted by Gasteiger charge is -2.35. The van der Waals surface area contributed by atoms with Gasteiger partial charge in [0.1, 0.15) is 6.04 Å². The first kappa shape index (κ1) is 27.6. The topological polar surface area (TPSA) is 66.9 Å². The number of hydrogen-bond donors (Lipinski definition) is 0. The fraction of sp³-hybridized carbons (Fsp3) is 0.171. The fourth-order valence-corrected chi connectivity index (χ4v) is 6.67. The summed E-state index contributed by atoms with van der Waals surface area (Å²) in [4.78, 5) is 45.0. The van der Waals surface area contributed by atoms with Crippen LogP contribution in [-0.2, 0) is 25.3 Å². The van der Waals surface area contributed by atoms with Gasteiger partial charge >= 0.3 is 12.1 Å². The zero-order valence-electron chi connectivity index (χ0n) is 23.1. The molecule has 0 radical (unpaired) electrons. The number of ether oxygens (including phenoxy) is 1.